The number of likely N-dealkylation sites (N-methyl/N-ethyl adjacent to an activating group) is 1. The average Bonchev–Trinajstić information content (AvgIpc) is 2.74. The van der Waals surface area contributed by atoms with Crippen molar-refractivity contribution in [2.75, 3.05) is 24.2 Å². The molecule has 1 atom stereocenters. The third kappa shape index (κ3) is 6.95. The van der Waals surface area contributed by atoms with Crippen LogP contribution in [0.1, 0.15) is 38.8 Å². The molecule has 0 spiro atoms. The second-order valence-electron chi connectivity index (χ2n) is 8.97. The van der Waals surface area contributed by atoms with E-state index in [1.807, 2.05) is 12.1 Å². The average molecular weight is 494 g/mol. The molecule has 1 N–H and O–H groups in total. The van der Waals surface area contributed by atoms with Crippen LogP contribution in [0.25, 0.3) is 0 Å². The maximum Gasteiger partial charge on any atom is 0.244 e. The number of hydrogen-bond donors (Lipinski definition) is 1. The Hall–Kier alpha value is -2.58. The monoisotopic (exact) mass is 493 g/mol. The van der Waals surface area contributed by atoms with E-state index in [0.29, 0.717) is 16.3 Å². The van der Waals surface area contributed by atoms with Crippen LogP contribution in [0.3, 0.4) is 0 Å². The first-order valence-electron chi connectivity index (χ1n) is 10.6. The number of nitrogens with one attached hydrogen (secondary N) is 1. The van der Waals surface area contributed by atoms with Crippen LogP contribution in [0, 0.1) is 0 Å². The van der Waals surface area contributed by atoms with Crippen LogP contribution in [0.15, 0.2) is 48.5 Å². The van der Waals surface area contributed by atoms with Gasteiger partial charge in [0.05, 0.1) is 11.9 Å². The van der Waals surface area contributed by atoms with Gasteiger partial charge in [-0.1, -0.05) is 62.7 Å². The van der Waals surface area contributed by atoms with Gasteiger partial charge in [0.15, 0.2) is 0 Å². The summed E-state index contributed by atoms with van der Waals surface area (Å²) in [5.41, 5.74) is 1.98. The number of sulfonamides is 1. The second kappa shape index (κ2) is 10.6. The van der Waals surface area contributed by atoms with Gasteiger partial charge in [-0.05, 0) is 41.7 Å². The lowest BCUT2D eigenvalue weighted by Gasteiger charge is -2.31. The highest BCUT2D eigenvalue weighted by Gasteiger charge is 2.30. The first-order chi connectivity index (χ1) is 15.3. The Labute approximate surface area is 201 Å². The Kier molecular flexibility index (Phi) is 8.54. The molecule has 180 valence electrons. The predicted molar refractivity (Wildman–Crippen MR) is 133 cm³/mol. The maximum atomic E-state index is 13.4. The van der Waals surface area contributed by atoms with Gasteiger partial charge >= 0.3 is 0 Å². The number of amides is 2. The molecular formula is C24H32ClN3O4S. The van der Waals surface area contributed by atoms with Crippen LogP contribution in [-0.2, 0) is 31.6 Å². The number of nitrogens with zero attached hydrogens (tertiary/aromatic N) is 2. The van der Waals surface area contributed by atoms with E-state index in [9.17, 15) is 18.0 Å². The lowest BCUT2D eigenvalue weighted by Crippen LogP contribution is -2.50. The summed E-state index contributed by atoms with van der Waals surface area (Å²) in [6, 6.07) is 13.3. The number of rotatable bonds is 8. The normalized spacial score (nSPS) is 12.7. The van der Waals surface area contributed by atoms with E-state index in [-0.39, 0.29) is 17.9 Å². The Balaban J connectivity index is 2.40. The minimum Gasteiger partial charge on any atom is -0.357 e. The third-order valence-corrected chi connectivity index (χ3v) is 6.92. The Morgan fingerprint density at radius 1 is 1.06 bits per heavy atom. The highest BCUT2D eigenvalue weighted by Crippen LogP contribution is 2.26. The predicted octanol–water partition coefficient (Wildman–Crippen LogP) is 3.57. The SMILES string of the molecule is CNC(=O)[C@H](C)N(Cc1ccccc1Cl)C(=O)CN(c1ccc(C(C)(C)C)cc1)S(C)(=O)=O. The Morgan fingerprint density at radius 2 is 1.64 bits per heavy atom. The standard InChI is InChI=1S/C24H32ClN3O4S/c1-17(23(30)26-5)27(15-18-9-7-8-10-21(18)25)22(29)16-28(33(6,31)32)20-13-11-19(12-14-20)24(2,3)4/h7-14,17H,15-16H2,1-6H3,(H,26,30)/t17-/m0/s1. The highest BCUT2D eigenvalue weighted by atomic mass is 35.5. The molecule has 0 heterocycles. The van der Waals surface area contributed by atoms with Crippen molar-refractivity contribution in [2.24, 2.45) is 0 Å². The molecule has 2 rings (SSSR count). The van der Waals surface area contributed by atoms with Gasteiger partial charge in [-0.2, -0.15) is 0 Å². The zero-order valence-corrected chi connectivity index (χ0v) is 21.5. The van der Waals surface area contributed by atoms with Crippen LogP contribution in [0.2, 0.25) is 5.02 Å². The molecule has 0 aliphatic rings. The molecule has 0 radical (unpaired) electrons. The van der Waals surface area contributed by atoms with E-state index in [2.05, 4.69) is 26.1 Å². The summed E-state index contributed by atoms with van der Waals surface area (Å²) >= 11 is 6.27. The van der Waals surface area contributed by atoms with Crippen molar-refractivity contribution in [1.82, 2.24) is 10.2 Å². The lowest BCUT2D eigenvalue weighted by molar-refractivity contribution is -0.139. The quantitative estimate of drug-likeness (QED) is 0.609. The van der Waals surface area contributed by atoms with Gasteiger partial charge in [-0.25, -0.2) is 8.42 Å². The third-order valence-electron chi connectivity index (χ3n) is 5.41. The molecule has 2 amide bonds. The molecule has 9 heteroatoms. The minimum absolute atomic E-state index is 0.0632. The van der Waals surface area contributed by atoms with Gasteiger partial charge in [0, 0.05) is 18.6 Å². The molecule has 0 unspecified atom stereocenters. The molecule has 0 aliphatic carbocycles. The summed E-state index contributed by atoms with van der Waals surface area (Å²) in [5, 5.41) is 2.99. The van der Waals surface area contributed by atoms with E-state index in [4.69, 9.17) is 11.6 Å². The van der Waals surface area contributed by atoms with Crippen molar-refractivity contribution >= 4 is 39.1 Å². The van der Waals surface area contributed by atoms with E-state index in [1.165, 1.54) is 11.9 Å². The molecule has 0 saturated heterocycles. The maximum absolute atomic E-state index is 13.4. The van der Waals surface area contributed by atoms with Crippen LogP contribution < -0.4 is 9.62 Å². The first-order valence-corrected chi connectivity index (χ1v) is 12.8. The van der Waals surface area contributed by atoms with Gasteiger partial charge in [0.25, 0.3) is 0 Å². The zero-order chi connectivity index (χ0) is 25.0. The molecule has 0 bridgehead atoms. The molecule has 7 nitrogen and oxygen atoms in total. The molecule has 2 aromatic rings. The van der Waals surface area contributed by atoms with Crippen molar-refractivity contribution in [3.63, 3.8) is 0 Å². The fourth-order valence-corrected chi connectivity index (χ4v) is 4.39. The molecule has 2 aromatic carbocycles. The van der Waals surface area contributed by atoms with Crippen LogP contribution >= 0.6 is 11.6 Å². The van der Waals surface area contributed by atoms with Gasteiger partial charge in [-0.15, -0.1) is 0 Å². The van der Waals surface area contributed by atoms with Crippen molar-refractivity contribution < 1.29 is 18.0 Å². The fraction of sp³-hybridized carbons (Fsp3) is 0.417. The van der Waals surface area contributed by atoms with Crippen molar-refractivity contribution in [3.8, 4) is 0 Å². The molecule has 0 aromatic heterocycles. The summed E-state index contributed by atoms with van der Waals surface area (Å²) in [7, 11) is -2.29. The van der Waals surface area contributed by atoms with E-state index in [1.54, 1.807) is 43.3 Å². The summed E-state index contributed by atoms with van der Waals surface area (Å²) in [6.45, 7) is 7.40. The van der Waals surface area contributed by atoms with Gasteiger partial charge < -0.3 is 10.2 Å². The summed E-state index contributed by atoms with van der Waals surface area (Å²) in [6.07, 6.45) is 1.05. The van der Waals surface area contributed by atoms with E-state index >= 15 is 0 Å². The second-order valence-corrected chi connectivity index (χ2v) is 11.3. The van der Waals surface area contributed by atoms with Crippen LogP contribution in [-0.4, -0.2) is 51.0 Å². The minimum atomic E-state index is -3.77. The fourth-order valence-electron chi connectivity index (χ4n) is 3.34. The molecule has 33 heavy (non-hydrogen) atoms. The largest absolute Gasteiger partial charge is 0.357 e. The van der Waals surface area contributed by atoms with Crippen molar-refractivity contribution in [3.05, 3.63) is 64.7 Å². The highest BCUT2D eigenvalue weighted by molar-refractivity contribution is 7.92. The number of carbonyl (C=O) groups is 2. The summed E-state index contributed by atoms with van der Waals surface area (Å²) in [5.74, 6) is -0.882. The number of anilines is 1. The smallest absolute Gasteiger partial charge is 0.244 e. The van der Waals surface area contributed by atoms with Gasteiger partial charge in [0.2, 0.25) is 21.8 Å². The Morgan fingerprint density at radius 3 is 2.12 bits per heavy atom. The summed E-state index contributed by atoms with van der Waals surface area (Å²) < 4.78 is 26.3. The Bertz CT molecular complexity index is 1100. The molecule has 0 fully saturated rings. The molecule has 0 saturated carbocycles. The first kappa shape index (κ1) is 26.7. The van der Waals surface area contributed by atoms with E-state index in [0.717, 1.165) is 16.1 Å². The van der Waals surface area contributed by atoms with Crippen LogP contribution in [0.5, 0.6) is 0 Å². The lowest BCUT2D eigenvalue weighted by atomic mass is 9.87. The number of hydrogen-bond acceptors (Lipinski definition) is 4. The van der Waals surface area contributed by atoms with Crippen molar-refractivity contribution in [1.29, 1.82) is 0 Å². The summed E-state index contributed by atoms with van der Waals surface area (Å²) in [4.78, 5) is 27.1. The molecular weight excluding hydrogens is 462 g/mol. The van der Waals surface area contributed by atoms with Gasteiger partial charge in [-0.3, -0.25) is 13.9 Å². The van der Waals surface area contributed by atoms with Crippen LogP contribution in [0.4, 0.5) is 5.69 Å². The zero-order valence-electron chi connectivity index (χ0n) is 19.9. The molecule has 0 aliphatic heterocycles. The van der Waals surface area contributed by atoms with Crippen molar-refractivity contribution in [2.45, 2.75) is 45.7 Å². The number of benzene rings is 2. The van der Waals surface area contributed by atoms with E-state index < -0.39 is 28.5 Å². The number of halogens is 1. The number of carbonyl (C=O) groups excluding carboxylic acids is 2. The topological polar surface area (TPSA) is 86.8 Å². The van der Waals surface area contributed by atoms with Gasteiger partial charge in [0.1, 0.15) is 12.6 Å².